The Kier molecular flexibility index (Phi) is 2.59. The molecule has 0 saturated heterocycles. The van der Waals surface area contributed by atoms with Crippen molar-refractivity contribution in [2.45, 2.75) is 13.3 Å². The summed E-state index contributed by atoms with van der Waals surface area (Å²) in [7, 11) is 4.06. The van der Waals surface area contributed by atoms with E-state index in [0.29, 0.717) is 0 Å². The summed E-state index contributed by atoms with van der Waals surface area (Å²) in [6, 6.07) is 6.39. The molecule has 1 N–H and O–H groups in total. The summed E-state index contributed by atoms with van der Waals surface area (Å²) < 4.78 is 4.36. The normalized spacial score (nSPS) is 11.7. The standard InChI is InChI=1S/C14H18N4/c1-10-4-5-12-13(8-10)18-9-11(6-7-15-2)17(3)14(18)16-12/h4-5,8-9,15H,6-7H2,1-3H3. The molecule has 2 heterocycles. The maximum absolute atomic E-state index is 4.69. The maximum Gasteiger partial charge on any atom is 0.214 e. The van der Waals surface area contributed by atoms with Crippen LogP contribution in [0.15, 0.2) is 24.4 Å². The average Bonchev–Trinajstić information content (AvgIpc) is 2.85. The van der Waals surface area contributed by atoms with Gasteiger partial charge in [-0.3, -0.25) is 4.40 Å². The van der Waals surface area contributed by atoms with Crippen molar-refractivity contribution >= 4 is 16.8 Å². The van der Waals surface area contributed by atoms with Gasteiger partial charge in [0.15, 0.2) is 0 Å². The van der Waals surface area contributed by atoms with Crippen LogP contribution in [-0.4, -0.2) is 27.5 Å². The first-order valence-electron chi connectivity index (χ1n) is 6.28. The van der Waals surface area contributed by atoms with E-state index in [1.807, 2.05) is 7.05 Å². The molecule has 0 saturated carbocycles. The van der Waals surface area contributed by atoms with Gasteiger partial charge >= 0.3 is 0 Å². The van der Waals surface area contributed by atoms with Crippen molar-refractivity contribution in [2.75, 3.05) is 13.6 Å². The topological polar surface area (TPSA) is 34.3 Å². The number of hydrogen-bond acceptors (Lipinski definition) is 2. The fourth-order valence-corrected chi connectivity index (χ4v) is 2.40. The summed E-state index contributed by atoms with van der Waals surface area (Å²) in [6.07, 6.45) is 3.21. The Morgan fingerprint density at radius 2 is 2.17 bits per heavy atom. The first-order valence-corrected chi connectivity index (χ1v) is 6.28. The predicted molar refractivity (Wildman–Crippen MR) is 74.0 cm³/mol. The van der Waals surface area contributed by atoms with Crippen LogP contribution in [0.4, 0.5) is 0 Å². The van der Waals surface area contributed by atoms with Crippen molar-refractivity contribution in [2.24, 2.45) is 7.05 Å². The number of nitrogens with one attached hydrogen (secondary N) is 1. The van der Waals surface area contributed by atoms with Crippen LogP contribution in [0.1, 0.15) is 11.3 Å². The number of benzene rings is 1. The number of nitrogens with zero attached hydrogens (tertiary/aromatic N) is 3. The summed E-state index contributed by atoms with van der Waals surface area (Å²) in [4.78, 5) is 4.69. The van der Waals surface area contributed by atoms with Gasteiger partial charge in [0.1, 0.15) is 0 Å². The molecule has 2 aromatic heterocycles. The largest absolute Gasteiger partial charge is 0.319 e. The Morgan fingerprint density at radius 1 is 1.33 bits per heavy atom. The third-order valence-electron chi connectivity index (χ3n) is 3.47. The quantitative estimate of drug-likeness (QED) is 0.761. The van der Waals surface area contributed by atoms with Crippen LogP contribution in [0.3, 0.4) is 0 Å². The summed E-state index contributed by atoms with van der Waals surface area (Å²) >= 11 is 0. The minimum atomic E-state index is 0.984. The molecule has 94 valence electrons. The van der Waals surface area contributed by atoms with Gasteiger partial charge < -0.3 is 9.88 Å². The molecule has 0 spiro atoms. The van der Waals surface area contributed by atoms with E-state index in [-0.39, 0.29) is 0 Å². The lowest BCUT2D eigenvalue weighted by Crippen LogP contribution is -2.12. The third-order valence-corrected chi connectivity index (χ3v) is 3.47. The van der Waals surface area contributed by atoms with E-state index < -0.39 is 0 Å². The lowest BCUT2D eigenvalue weighted by molar-refractivity contribution is 0.744. The smallest absolute Gasteiger partial charge is 0.214 e. The molecule has 1 aromatic carbocycles. The highest BCUT2D eigenvalue weighted by Crippen LogP contribution is 2.20. The number of likely N-dealkylation sites (N-methyl/N-ethyl adjacent to an activating group) is 1. The van der Waals surface area contributed by atoms with Crippen molar-refractivity contribution in [1.82, 2.24) is 19.3 Å². The van der Waals surface area contributed by atoms with E-state index in [1.165, 1.54) is 16.8 Å². The number of hydrogen-bond donors (Lipinski definition) is 1. The van der Waals surface area contributed by atoms with E-state index in [9.17, 15) is 0 Å². The molecule has 0 aliphatic heterocycles. The maximum atomic E-state index is 4.69. The van der Waals surface area contributed by atoms with Gasteiger partial charge in [-0.2, -0.15) is 0 Å². The second-order valence-corrected chi connectivity index (χ2v) is 4.81. The first-order chi connectivity index (χ1) is 8.70. The van der Waals surface area contributed by atoms with Crippen LogP contribution in [0.5, 0.6) is 0 Å². The molecule has 4 nitrogen and oxygen atoms in total. The molecular formula is C14H18N4. The molecule has 18 heavy (non-hydrogen) atoms. The van der Waals surface area contributed by atoms with E-state index in [0.717, 1.165) is 24.3 Å². The third kappa shape index (κ3) is 1.61. The number of rotatable bonds is 3. The second kappa shape index (κ2) is 4.14. The van der Waals surface area contributed by atoms with Crippen molar-refractivity contribution in [1.29, 1.82) is 0 Å². The van der Waals surface area contributed by atoms with Crippen LogP contribution in [0.25, 0.3) is 16.8 Å². The Morgan fingerprint density at radius 3 is 2.94 bits per heavy atom. The van der Waals surface area contributed by atoms with E-state index in [4.69, 9.17) is 4.98 Å². The molecular weight excluding hydrogens is 224 g/mol. The summed E-state index contributed by atoms with van der Waals surface area (Å²) in [5.41, 5.74) is 4.82. The fourth-order valence-electron chi connectivity index (χ4n) is 2.40. The lowest BCUT2D eigenvalue weighted by Gasteiger charge is -2.00. The number of fused-ring (bicyclic) bond motifs is 3. The van der Waals surface area contributed by atoms with Crippen LogP contribution in [0, 0.1) is 6.92 Å². The first kappa shape index (κ1) is 11.3. The van der Waals surface area contributed by atoms with E-state index >= 15 is 0 Å². The van der Waals surface area contributed by atoms with Gasteiger partial charge in [-0.15, -0.1) is 0 Å². The SMILES string of the molecule is CNCCc1cn2c3cc(C)ccc3nc2n1C. The van der Waals surface area contributed by atoms with Crippen LogP contribution >= 0.6 is 0 Å². The molecule has 3 aromatic rings. The molecule has 0 bridgehead atoms. The summed E-state index contributed by atoms with van der Waals surface area (Å²) in [6.45, 7) is 3.10. The Balaban J connectivity index is 2.21. The average molecular weight is 242 g/mol. The minimum Gasteiger partial charge on any atom is -0.319 e. The van der Waals surface area contributed by atoms with Gasteiger partial charge in [0, 0.05) is 31.9 Å². The molecule has 0 radical (unpaired) electrons. The Bertz CT molecular complexity index is 705. The molecule has 0 fully saturated rings. The zero-order valence-corrected chi connectivity index (χ0v) is 11.1. The van der Waals surface area contributed by atoms with Gasteiger partial charge in [0.05, 0.1) is 11.0 Å². The highest BCUT2D eigenvalue weighted by molar-refractivity contribution is 5.80. The van der Waals surface area contributed by atoms with Crippen molar-refractivity contribution < 1.29 is 0 Å². The predicted octanol–water partition coefficient (Wildman–Crippen LogP) is 1.90. The molecule has 0 aliphatic carbocycles. The Hall–Kier alpha value is -1.81. The highest BCUT2D eigenvalue weighted by Gasteiger charge is 2.11. The van der Waals surface area contributed by atoms with Crippen LogP contribution < -0.4 is 5.32 Å². The zero-order valence-electron chi connectivity index (χ0n) is 11.1. The van der Waals surface area contributed by atoms with Gasteiger partial charge in [-0.05, 0) is 31.7 Å². The van der Waals surface area contributed by atoms with Gasteiger partial charge in [-0.25, -0.2) is 4.98 Å². The van der Waals surface area contributed by atoms with Crippen molar-refractivity contribution in [3.05, 3.63) is 35.7 Å². The zero-order chi connectivity index (χ0) is 12.7. The fraction of sp³-hybridized carbons (Fsp3) is 0.357. The number of imidazole rings is 2. The summed E-state index contributed by atoms with van der Waals surface area (Å²) in [5, 5.41) is 3.18. The minimum absolute atomic E-state index is 0.984. The van der Waals surface area contributed by atoms with Crippen molar-refractivity contribution in [3.8, 4) is 0 Å². The van der Waals surface area contributed by atoms with Crippen LogP contribution in [-0.2, 0) is 13.5 Å². The molecule has 3 rings (SSSR count). The number of aryl methyl sites for hydroxylation is 2. The van der Waals surface area contributed by atoms with Gasteiger partial charge in [0.25, 0.3) is 0 Å². The molecule has 4 heteroatoms. The molecule has 0 amide bonds. The van der Waals surface area contributed by atoms with Crippen LogP contribution in [0.2, 0.25) is 0 Å². The summed E-state index contributed by atoms with van der Waals surface area (Å²) in [5.74, 6) is 1.02. The number of aromatic nitrogens is 3. The van der Waals surface area contributed by atoms with Crippen molar-refractivity contribution in [3.63, 3.8) is 0 Å². The van der Waals surface area contributed by atoms with Gasteiger partial charge in [0.2, 0.25) is 5.78 Å². The van der Waals surface area contributed by atoms with Gasteiger partial charge in [-0.1, -0.05) is 6.07 Å². The second-order valence-electron chi connectivity index (χ2n) is 4.81. The van der Waals surface area contributed by atoms with E-state index in [1.54, 1.807) is 0 Å². The molecule has 0 atom stereocenters. The molecule has 0 aliphatic rings. The highest BCUT2D eigenvalue weighted by atomic mass is 15.2. The Labute approximate surface area is 106 Å². The monoisotopic (exact) mass is 242 g/mol. The molecule has 0 unspecified atom stereocenters. The van der Waals surface area contributed by atoms with E-state index in [2.05, 4.69) is 52.7 Å². The lowest BCUT2D eigenvalue weighted by atomic mass is 10.2.